The number of hydrogen-bond acceptors (Lipinski definition) is 3. The Kier molecular flexibility index (Phi) is 3.79. The van der Waals surface area contributed by atoms with Gasteiger partial charge in [-0.1, -0.05) is 0 Å². The summed E-state index contributed by atoms with van der Waals surface area (Å²) >= 11 is 5.39. The third-order valence-electron chi connectivity index (χ3n) is 2.56. The number of hydrogen-bond donors (Lipinski definition) is 1. The van der Waals surface area contributed by atoms with Crippen molar-refractivity contribution in [2.24, 2.45) is 0 Å². The van der Waals surface area contributed by atoms with Crippen LogP contribution in [0.3, 0.4) is 0 Å². The zero-order chi connectivity index (χ0) is 11.4. The number of carbonyl (C=O) groups is 1. The average Bonchev–Trinajstić information content (AvgIpc) is 2.78. The molecule has 0 radical (unpaired) electrons. The standard InChI is InChI=1S/C10H14ClN3O2/c11-7-10(15)12-9-1-4-14(13-9)8-2-5-16-6-3-8/h1,4,8H,2-3,5-7H2,(H,12,13,15). The van der Waals surface area contributed by atoms with Gasteiger partial charge in [-0.05, 0) is 12.8 Å². The molecule has 1 N–H and O–H groups in total. The molecule has 0 spiro atoms. The highest BCUT2D eigenvalue weighted by atomic mass is 35.5. The summed E-state index contributed by atoms with van der Waals surface area (Å²) in [6, 6.07) is 2.15. The third kappa shape index (κ3) is 2.74. The van der Waals surface area contributed by atoms with Gasteiger partial charge in [-0.15, -0.1) is 11.6 Å². The van der Waals surface area contributed by atoms with Gasteiger partial charge in [-0.3, -0.25) is 9.48 Å². The van der Waals surface area contributed by atoms with Gasteiger partial charge in [0.25, 0.3) is 0 Å². The summed E-state index contributed by atoms with van der Waals surface area (Å²) in [4.78, 5) is 11.1. The van der Waals surface area contributed by atoms with Gasteiger partial charge in [0.15, 0.2) is 5.82 Å². The molecule has 88 valence electrons. The van der Waals surface area contributed by atoms with Crippen LogP contribution < -0.4 is 5.32 Å². The van der Waals surface area contributed by atoms with E-state index in [-0.39, 0.29) is 11.8 Å². The Bertz CT molecular complexity index is 361. The molecule has 6 heteroatoms. The molecule has 1 aromatic heterocycles. The molecule has 1 amide bonds. The summed E-state index contributed by atoms with van der Waals surface area (Å²) in [6.45, 7) is 1.54. The SMILES string of the molecule is O=C(CCl)Nc1ccn(C2CCOCC2)n1. The van der Waals surface area contributed by atoms with Crippen molar-refractivity contribution in [1.29, 1.82) is 0 Å². The highest BCUT2D eigenvalue weighted by Gasteiger charge is 2.16. The van der Waals surface area contributed by atoms with Crippen LogP contribution >= 0.6 is 11.6 Å². The van der Waals surface area contributed by atoms with Gasteiger partial charge < -0.3 is 10.1 Å². The fourth-order valence-electron chi connectivity index (χ4n) is 1.73. The van der Waals surface area contributed by atoms with E-state index in [0.29, 0.717) is 11.9 Å². The number of carbonyl (C=O) groups excluding carboxylic acids is 1. The number of amides is 1. The van der Waals surface area contributed by atoms with Crippen LogP contribution in [0.1, 0.15) is 18.9 Å². The van der Waals surface area contributed by atoms with Crippen LogP contribution in [0.2, 0.25) is 0 Å². The molecule has 1 saturated heterocycles. The quantitative estimate of drug-likeness (QED) is 0.817. The summed E-state index contributed by atoms with van der Waals surface area (Å²) < 4.78 is 7.16. The predicted molar refractivity (Wildman–Crippen MR) is 60.7 cm³/mol. The molecule has 0 saturated carbocycles. The molecule has 1 aromatic rings. The molecule has 0 atom stereocenters. The minimum atomic E-state index is -0.237. The van der Waals surface area contributed by atoms with Crippen LogP contribution in [-0.2, 0) is 9.53 Å². The largest absolute Gasteiger partial charge is 0.381 e. The monoisotopic (exact) mass is 243 g/mol. The third-order valence-corrected chi connectivity index (χ3v) is 2.80. The maximum atomic E-state index is 11.1. The highest BCUT2D eigenvalue weighted by Crippen LogP contribution is 2.20. The number of aromatic nitrogens is 2. The predicted octanol–water partition coefficient (Wildman–Crippen LogP) is 1.41. The van der Waals surface area contributed by atoms with E-state index in [4.69, 9.17) is 16.3 Å². The number of anilines is 1. The highest BCUT2D eigenvalue weighted by molar-refractivity contribution is 6.28. The first-order valence-electron chi connectivity index (χ1n) is 5.28. The summed E-state index contributed by atoms with van der Waals surface area (Å²) in [5.74, 6) is 0.264. The smallest absolute Gasteiger partial charge is 0.240 e. The Balaban J connectivity index is 1.98. The van der Waals surface area contributed by atoms with E-state index in [0.717, 1.165) is 26.1 Å². The first-order chi connectivity index (χ1) is 7.79. The summed E-state index contributed by atoms with van der Waals surface area (Å²) in [5, 5.41) is 6.91. The van der Waals surface area contributed by atoms with Crippen LogP contribution in [0, 0.1) is 0 Å². The van der Waals surface area contributed by atoms with Gasteiger partial charge in [0.05, 0.1) is 6.04 Å². The van der Waals surface area contributed by atoms with Gasteiger partial charge in [0, 0.05) is 25.5 Å². The lowest BCUT2D eigenvalue weighted by Gasteiger charge is -2.22. The minimum Gasteiger partial charge on any atom is -0.381 e. The second-order valence-corrected chi connectivity index (χ2v) is 3.97. The number of rotatable bonds is 3. The van der Waals surface area contributed by atoms with E-state index in [9.17, 15) is 4.79 Å². The van der Waals surface area contributed by atoms with Gasteiger partial charge in [0.2, 0.25) is 5.91 Å². The van der Waals surface area contributed by atoms with Crippen molar-refractivity contribution in [3.8, 4) is 0 Å². The van der Waals surface area contributed by atoms with Crippen molar-refractivity contribution in [2.45, 2.75) is 18.9 Å². The molecular formula is C10H14ClN3O2. The maximum absolute atomic E-state index is 11.1. The molecular weight excluding hydrogens is 230 g/mol. The number of halogens is 1. The second kappa shape index (κ2) is 5.32. The first-order valence-corrected chi connectivity index (χ1v) is 5.82. The lowest BCUT2D eigenvalue weighted by molar-refractivity contribution is -0.113. The summed E-state index contributed by atoms with van der Waals surface area (Å²) in [6.07, 6.45) is 3.80. The van der Waals surface area contributed by atoms with Crippen molar-refractivity contribution in [1.82, 2.24) is 9.78 Å². The Morgan fingerprint density at radius 3 is 3.06 bits per heavy atom. The van der Waals surface area contributed by atoms with E-state index < -0.39 is 0 Å². The number of nitrogens with zero attached hydrogens (tertiary/aromatic N) is 2. The van der Waals surface area contributed by atoms with Crippen molar-refractivity contribution >= 4 is 23.3 Å². The van der Waals surface area contributed by atoms with E-state index >= 15 is 0 Å². The number of nitrogens with one attached hydrogen (secondary N) is 1. The van der Waals surface area contributed by atoms with Crippen LogP contribution in [-0.4, -0.2) is 34.8 Å². The zero-order valence-corrected chi connectivity index (χ0v) is 9.61. The van der Waals surface area contributed by atoms with Crippen LogP contribution in [0.15, 0.2) is 12.3 Å². The molecule has 0 unspecified atom stereocenters. The van der Waals surface area contributed by atoms with Crippen LogP contribution in [0.4, 0.5) is 5.82 Å². The van der Waals surface area contributed by atoms with Gasteiger partial charge in [-0.2, -0.15) is 5.10 Å². The first kappa shape index (κ1) is 11.4. The molecule has 0 bridgehead atoms. The maximum Gasteiger partial charge on any atom is 0.240 e. The molecule has 2 heterocycles. The average molecular weight is 244 g/mol. The second-order valence-electron chi connectivity index (χ2n) is 3.71. The Hall–Kier alpha value is -1.07. The molecule has 1 aliphatic rings. The van der Waals surface area contributed by atoms with E-state index in [2.05, 4.69) is 10.4 Å². The zero-order valence-electron chi connectivity index (χ0n) is 8.86. The number of ether oxygens (including phenoxy) is 1. The Labute approximate surface area is 98.7 Å². The van der Waals surface area contributed by atoms with E-state index in [1.807, 2.05) is 10.9 Å². The van der Waals surface area contributed by atoms with Gasteiger partial charge in [-0.25, -0.2) is 0 Å². The molecule has 0 aliphatic carbocycles. The van der Waals surface area contributed by atoms with Crippen LogP contribution in [0.5, 0.6) is 0 Å². The Morgan fingerprint density at radius 2 is 2.38 bits per heavy atom. The molecule has 1 aliphatic heterocycles. The normalized spacial score (nSPS) is 17.3. The van der Waals surface area contributed by atoms with Gasteiger partial charge in [0.1, 0.15) is 5.88 Å². The molecule has 1 fully saturated rings. The number of alkyl halides is 1. The minimum absolute atomic E-state index is 0.0515. The summed E-state index contributed by atoms with van der Waals surface area (Å²) in [7, 11) is 0. The molecule has 16 heavy (non-hydrogen) atoms. The fourth-order valence-corrected chi connectivity index (χ4v) is 1.80. The fraction of sp³-hybridized carbons (Fsp3) is 0.600. The summed E-state index contributed by atoms with van der Waals surface area (Å²) in [5.41, 5.74) is 0. The lowest BCUT2D eigenvalue weighted by Crippen LogP contribution is -2.20. The van der Waals surface area contributed by atoms with Crippen molar-refractivity contribution < 1.29 is 9.53 Å². The van der Waals surface area contributed by atoms with Gasteiger partial charge >= 0.3 is 0 Å². The molecule has 5 nitrogen and oxygen atoms in total. The molecule has 2 rings (SSSR count). The van der Waals surface area contributed by atoms with E-state index in [1.165, 1.54) is 0 Å². The lowest BCUT2D eigenvalue weighted by atomic mass is 10.1. The van der Waals surface area contributed by atoms with Crippen molar-refractivity contribution in [3.63, 3.8) is 0 Å². The topological polar surface area (TPSA) is 56.2 Å². The van der Waals surface area contributed by atoms with E-state index in [1.54, 1.807) is 6.07 Å². The van der Waals surface area contributed by atoms with Crippen LogP contribution in [0.25, 0.3) is 0 Å². The Morgan fingerprint density at radius 1 is 1.62 bits per heavy atom. The molecule has 0 aromatic carbocycles. The van der Waals surface area contributed by atoms with Crippen molar-refractivity contribution in [3.05, 3.63) is 12.3 Å². The van der Waals surface area contributed by atoms with Crippen molar-refractivity contribution in [2.75, 3.05) is 24.4 Å².